The average molecular weight is 350 g/mol. The van der Waals surface area contributed by atoms with Crippen LogP contribution in [-0.4, -0.2) is 25.2 Å². The number of carbonyl (C=O) groups is 2. The van der Waals surface area contributed by atoms with Gasteiger partial charge in [-0.2, -0.15) is 0 Å². The fourth-order valence-corrected chi connectivity index (χ4v) is 3.04. The van der Waals surface area contributed by atoms with Gasteiger partial charge in [0.15, 0.2) is 0 Å². The number of ether oxygens (including phenoxy) is 2. The third kappa shape index (κ3) is 6.33. The van der Waals surface area contributed by atoms with E-state index in [1.54, 1.807) is 12.2 Å². The van der Waals surface area contributed by atoms with Gasteiger partial charge in [-0.1, -0.05) is 53.7 Å². The quantitative estimate of drug-likeness (QED) is 0.526. The normalized spacial score (nSPS) is 26.8. The third-order valence-corrected chi connectivity index (χ3v) is 4.30. The van der Waals surface area contributed by atoms with Crippen LogP contribution in [0.5, 0.6) is 0 Å². The van der Waals surface area contributed by atoms with Crippen LogP contribution in [0, 0.1) is 34.5 Å². The number of carbonyl (C=O) groups excluding carboxylic acids is 2. The van der Waals surface area contributed by atoms with Gasteiger partial charge in [0.05, 0.1) is 25.0 Å². The summed E-state index contributed by atoms with van der Waals surface area (Å²) >= 11 is 0. The SMILES string of the molecule is C=CC1CC(C=C)[C@@H](C(=O)OCC(C)(C)C)[C@@H]1C(=O)OCC(C)(C)C. The second kappa shape index (κ2) is 8.20. The fraction of sp³-hybridized carbons (Fsp3) is 0.714. The Morgan fingerprint density at radius 1 is 0.840 bits per heavy atom. The molecule has 4 heteroatoms. The van der Waals surface area contributed by atoms with Crippen molar-refractivity contribution in [3.63, 3.8) is 0 Å². The van der Waals surface area contributed by atoms with E-state index in [1.165, 1.54) is 0 Å². The van der Waals surface area contributed by atoms with E-state index in [0.29, 0.717) is 19.6 Å². The van der Waals surface area contributed by atoms with Crippen LogP contribution in [0.3, 0.4) is 0 Å². The van der Waals surface area contributed by atoms with Gasteiger partial charge in [0.2, 0.25) is 0 Å². The molecule has 2 unspecified atom stereocenters. The molecule has 0 saturated heterocycles. The van der Waals surface area contributed by atoms with Crippen LogP contribution in [0.25, 0.3) is 0 Å². The lowest BCUT2D eigenvalue weighted by atomic mass is 9.86. The van der Waals surface area contributed by atoms with Crippen molar-refractivity contribution in [1.82, 2.24) is 0 Å². The van der Waals surface area contributed by atoms with Crippen molar-refractivity contribution < 1.29 is 19.1 Å². The van der Waals surface area contributed by atoms with Gasteiger partial charge < -0.3 is 9.47 Å². The zero-order valence-corrected chi connectivity index (χ0v) is 16.6. The Labute approximate surface area is 152 Å². The van der Waals surface area contributed by atoms with E-state index in [0.717, 1.165) is 0 Å². The smallest absolute Gasteiger partial charge is 0.310 e. The molecule has 0 N–H and O–H groups in total. The molecule has 1 saturated carbocycles. The van der Waals surface area contributed by atoms with Gasteiger partial charge in [0.25, 0.3) is 0 Å². The van der Waals surface area contributed by atoms with Crippen LogP contribution in [0.1, 0.15) is 48.0 Å². The molecule has 0 aliphatic heterocycles. The summed E-state index contributed by atoms with van der Waals surface area (Å²) in [6.45, 7) is 20.3. The van der Waals surface area contributed by atoms with Crippen LogP contribution in [0.4, 0.5) is 0 Å². The topological polar surface area (TPSA) is 52.6 Å². The molecule has 1 rings (SSSR count). The maximum Gasteiger partial charge on any atom is 0.310 e. The summed E-state index contributed by atoms with van der Waals surface area (Å²) < 4.78 is 11.0. The van der Waals surface area contributed by atoms with Gasteiger partial charge >= 0.3 is 11.9 Å². The van der Waals surface area contributed by atoms with Crippen molar-refractivity contribution in [2.75, 3.05) is 13.2 Å². The summed E-state index contributed by atoms with van der Waals surface area (Å²) in [5.74, 6) is -2.03. The van der Waals surface area contributed by atoms with Gasteiger partial charge in [-0.25, -0.2) is 0 Å². The van der Waals surface area contributed by atoms with Crippen LogP contribution in [-0.2, 0) is 19.1 Å². The third-order valence-electron chi connectivity index (χ3n) is 4.30. The molecule has 142 valence electrons. The van der Waals surface area contributed by atoms with Gasteiger partial charge in [0, 0.05) is 0 Å². The molecule has 1 aliphatic rings. The standard InChI is InChI=1S/C21H34O4/c1-9-14-11-15(10-2)17(19(23)25-13-21(6,7)8)16(14)18(22)24-12-20(3,4)5/h9-10,14-17H,1-2,11-13H2,3-8H3/t14?,15?,16-,17-/m1/s1. The molecule has 0 amide bonds. The Morgan fingerprint density at radius 2 is 1.16 bits per heavy atom. The van der Waals surface area contributed by atoms with Gasteiger partial charge in [0.1, 0.15) is 0 Å². The highest BCUT2D eigenvalue weighted by Gasteiger charge is 2.50. The molecule has 4 nitrogen and oxygen atoms in total. The lowest BCUT2D eigenvalue weighted by molar-refractivity contribution is -0.164. The summed E-state index contributed by atoms with van der Waals surface area (Å²) in [6.07, 6.45) is 4.16. The lowest BCUT2D eigenvalue weighted by Crippen LogP contribution is -2.36. The van der Waals surface area contributed by atoms with Crippen molar-refractivity contribution in [1.29, 1.82) is 0 Å². The molecule has 0 aromatic carbocycles. The minimum atomic E-state index is -0.560. The first-order valence-corrected chi connectivity index (χ1v) is 8.98. The first-order chi connectivity index (χ1) is 11.4. The average Bonchev–Trinajstić information content (AvgIpc) is 2.87. The maximum atomic E-state index is 12.7. The predicted molar refractivity (Wildman–Crippen MR) is 99.8 cm³/mol. The molecular weight excluding hydrogens is 316 g/mol. The van der Waals surface area contributed by atoms with E-state index in [4.69, 9.17) is 9.47 Å². The minimum Gasteiger partial charge on any atom is -0.465 e. The van der Waals surface area contributed by atoms with Crippen LogP contribution in [0.2, 0.25) is 0 Å². The Bertz CT molecular complexity index is 461. The van der Waals surface area contributed by atoms with E-state index in [9.17, 15) is 9.59 Å². The Morgan fingerprint density at radius 3 is 1.40 bits per heavy atom. The van der Waals surface area contributed by atoms with Crippen molar-refractivity contribution in [2.45, 2.75) is 48.0 Å². The van der Waals surface area contributed by atoms with Crippen molar-refractivity contribution in [3.8, 4) is 0 Å². The molecule has 0 radical (unpaired) electrons. The maximum absolute atomic E-state index is 12.7. The van der Waals surface area contributed by atoms with E-state index in [-0.39, 0.29) is 34.6 Å². The predicted octanol–water partition coefficient (Wildman–Crippen LogP) is 4.41. The number of allylic oxidation sites excluding steroid dienone is 2. The summed E-state index contributed by atoms with van der Waals surface area (Å²) in [5.41, 5.74) is -0.254. The zero-order chi connectivity index (χ0) is 19.4. The van der Waals surface area contributed by atoms with Crippen LogP contribution < -0.4 is 0 Å². The number of hydrogen-bond acceptors (Lipinski definition) is 4. The molecule has 0 spiro atoms. The molecule has 25 heavy (non-hydrogen) atoms. The van der Waals surface area contributed by atoms with Crippen LogP contribution >= 0.6 is 0 Å². The largest absolute Gasteiger partial charge is 0.465 e. The van der Waals surface area contributed by atoms with Gasteiger partial charge in [-0.3, -0.25) is 9.59 Å². The monoisotopic (exact) mass is 350 g/mol. The Hall–Kier alpha value is -1.58. The van der Waals surface area contributed by atoms with E-state index in [1.807, 2.05) is 41.5 Å². The van der Waals surface area contributed by atoms with E-state index >= 15 is 0 Å². The highest BCUT2D eigenvalue weighted by molar-refractivity contribution is 5.84. The highest BCUT2D eigenvalue weighted by Crippen LogP contribution is 2.44. The minimum absolute atomic E-state index is 0.109. The summed E-state index contributed by atoms with van der Waals surface area (Å²) in [6, 6.07) is 0. The summed E-state index contributed by atoms with van der Waals surface area (Å²) in [7, 11) is 0. The van der Waals surface area contributed by atoms with Crippen molar-refractivity contribution >= 4 is 11.9 Å². The number of hydrogen-bond donors (Lipinski definition) is 0. The highest BCUT2D eigenvalue weighted by atomic mass is 16.5. The summed E-state index contributed by atoms with van der Waals surface area (Å²) in [5, 5.41) is 0. The molecule has 0 bridgehead atoms. The lowest BCUT2D eigenvalue weighted by Gasteiger charge is -2.26. The Balaban J connectivity index is 2.97. The first-order valence-electron chi connectivity index (χ1n) is 8.98. The molecule has 4 atom stereocenters. The van der Waals surface area contributed by atoms with E-state index < -0.39 is 11.8 Å². The fourth-order valence-electron chi connectivity index (χ4n) is 3.04. The second-order valence-electron chi connectivity index (χ2n) is 9.42. The molecule has 0 aromatic rings. The first kappa shape index (κ1) is 21.5. The second-order valence-corrected chi connectivity index (χ2v) is 9.42. The number of rotatable bonds is 6. The van der Waals surface area contributed by atoms with Gasteiger partial charge in [-0.15, -0.1) is 13.2 Å². The molecule has 1 fully saturated rings. The van der Waals surface area contributed by atoms with Crippen LogP contribution in [0.15, 0.2) is 25.3 Å². The molecule has 0 heterocycles. The Kier molecular flexibility index (Phi) is 7.04. The van der Waals surface area contributed by atoms with Crippen molar-refractivity contribution in [3.05, 3.63) is 25.3 Å². The van der Waals surface area contributed by atoms with Crippen molar-refractivity contribution in [2.24, 2.45) is 34.5 Å². The van der Waals surface area contributed by atoms with Gasteiger partial charge in [-0.05, 0) is 29.1 Å². The zero-order valence-electron chi connectivity index (χ0n) is 16.6. The van der Waals surface area contributed by atoms with E-state index in [2.05, 4.69) is 13.2 Å². The summed E-state index contributed by atoms with van der Waals surface area (Å²) in [4.78, 5) is 25.5. The number of esters is 2. The molecule has 1 aliphatic carbocycles. The molecular formula is C21H34O4. The molecule has 0 aromatic heterocycles.